The van der Waals surface area contributed by atoms with Gasteiger partial charge < -0.3 is 5.11 Å². The third-order valence-electron chi connectivity index (χ3n) is 2.40. The number of aryl methyl sites for hydroxylation is 1. The predicted octanol–water partition coefficient (Wildman–Crippen LogP) is 2.34. The Bertz CT molecular complexity index is 729. The van der Waals surface area contributed by atoms with E-state index in [0.717, 1.165) is 4.14 Å². The van der Waals surface area contributed by atoms with Gasteiger partial charge in [-0.05, 0) is 46.4 Å². The summed E-state index contributed by atoms with van der Waals surface area (Å²) in [6.07, 6.45) is 1.92. The third-order valence-corrected chi connectivity index (χ3v) is 4.66. The molecule has 0 aliphatic rings. The average Bonchev–Trinajstić information content (AvgIpc) is 2.86. The number of halogens is 1. The van der Waals surface area contributed by atoms with E-state index in [1.165, 1.54) is 16.2 Å². The van der Waals surface area contributed by atoms with Crippen LogP contribution in [0.3, 0.4) is 0 Å². The summed E-state index contributed by atoms with van der Waals surface area (Å²) >= 11 is 8.81. The number of hydrogen-bond donors (Lipinski definition) is 0. The van der Waals surface area contributed by atoms with Crippen LogP contribution in [0.2, 0.25) is 5.02 Å². The van der Waals surface area contributed by atoms with Crippen LogP contribution in [0.5, 0.6) is 0 Å². The minimum atomic E-state index is -0.310. The molecule has 19 heavy (non-hydrogen) atoms. The molecule has 0 fully saturated rings. The fraction of sp³-hybridized carbons (Fsp3) is 0.0833. The first-order chi connectivity index (χ1) is 9.11. The van der Waals surface area contributed by atoms with Crippen molar-refractivity contribution in [2.24, 2.45) is 4.99 Å². The summed E-state index contributed by atoms with van der Waals surface area (Å²) in [7, 11) is 0. The van der Waals surface area contributed by atoms with Gasteiger partial charge in [-0.2, -0.15) is 0 Å². The van der Waals surface area contributed by atoms with E-state index in [2.05, 4.69) is 10.1 Å². The van der Waals surface area contributed by atoms with Gasteiger partial charge in [0.05, 0.1) is 4.88 Å². The Labute approximate surface area is 122 Å². The first kappa shape index (κ1) is 12.5. The molecule has 0 radical (unpaired) electrons. The zero-order valence-corrected chi connectivity index (χ0v) is 12.2. The van der Waals surface area contributed by atoms with Gasteiger partial charge in [0.1, 0.15) is 0 Å². The molecule has 3 rings (SSSR count). The Morgan fingerprint density at radius 1 is 1.32 bits per heavy atom. The maximum atomic E-state index is 11.9. The van der Waals surface area contributed by atoms with Crippen molar-refractivity contribution >= 4 is 49.4 Å². The first-order valence-corrected chi connectivity index (χ1v) is 7.43. The molecule has 0 bridgehead atoms. The molecular weight excluding hydrogens is 302 g/mol. The number of aliphatic imine (C=N–C) groups is 1. The van der Waals surface area contributed by atoms with E-state index in [9.17, 15) is 5.11 Å². The van der Waals surface area contributed by atoms with Crippen molar-refractivity contribution in [3.63, 3.8) is 0 Å². The summed E-state index contributed by atoms with van der Waals surface area (Å²) in [4.78, 5) is 5.18. The monoisotopic (exact) mass is 309 g/mol. The molecule has 7 heteroatoms. The number of aromatic nitrogens is 2. The Morgan fingerprint density at radius 3 is 2.74 bits per heavy atom. The van der Waals surface area contributed by atoms with Crippen molar-refractivity contribution in [3.05, 3.63) is 45.9 Å². The third kappa shape index (κ3) is 2.60. The molecule has 2 aromatic heterocycles. The maximum absolute atomic E-state index is 11.9. The second-order valence-electron chi connectivity index (χ2n) is 3.86. The standard InChI is InChI=1S/C12H8ClN3OS2/c1-7-6-16-12(18-7)19-11(15-16)14-10(17)8-2-4-9(13)5-3-8/h2-6H,1H3. The summed E-state index contributed by atoms with van der Waals surface area (Å²) in [5.74, 6) is -0.310. The number of nitrogens with zero attached hydrogens (tertiary/aromatic N) is 3. The molecule has 3 aromatic rings. The lowest BCUT2D eigenvalue weighted by atomic mass is 10.2. The number of thiazole rings is 1. The van der Waals surface area contributed by atoms with Crippen molar-refractivity contribution in [3.8, 4) is 0 Å². The Hall–Kier alpha value is -1.50. The molecule has 2 heterocycles. The highest BCUT2D eigenvalue weighted by molar-refractivity contribution is 7.36. The smallest absolute Gasteiger partial charge is 0.354 e. The van der Waals surface area contributed by atoms with Crippen LogP contribution in [-0.2, 0) is 0 Å². The van der Waals surface area contributed by atoms with E-state index in [1.54, 1.807) is 40.1 Å². The molecule has 4 nitrogen and oxygen atoms in total. The van der Waals surface area contributed by atoms with E-state index < -0.39 is 0 Å². The highest BCUT2D eigenvalue weighted by Gasteiger charge is 2.15. The highest BCUT2D eigenvalue weighted by Crippen LogP contribution is 2.24. The van der Waals surface area contributed by atoms with Crippen molar-refractivity contribution in [1.82, 2.24) is 5.10 Å². The predicted molar refractivity (Wildman–Crippen MR) is 75.5 cm³/mol. The molecule has 1 aromatic carbocycles. The van der Waals surface area contributed by atoms with Crippen LogP contribution >= 0.6 is 34.3 Å². The molecule has 0 aliphatic carbocycles. The van der Waals surface area contributed by atoms with Crippen LogP contribution in [0.4, 0.5) is 5.13 Å². The molecule has 0 aliphatic heterocycles. The maximum Gasteiger partial charge on any atom is 0.354 e. The van der Waals surface area contributed by atoms with Gasteiger partial charge in [0, 0.05) is 10.1 Å². The van der Waals surface area contributed by atoms with Gasteiger partial charge in [0.25, 0.3) is 5.13 Å². The summed E-state index contributed by atoms with van der Waals surface area (Å²) in [5, 5.41) is 17.2. The number of rotatable bonds is 2. The van der Waals surface area contributed by atoms with Crippen LogP contribution < -0.4 is 9.62 Å². The molecule has 0 saturated heterocycles. The summed E-state index contributed by atoms with van der Waals surface area (Å²) < 4.78 is 2.76. The number of benzene rings is 1. The minimum Gasteiger partial charge on any atom is -0.858 e. The zero-order valence-electron chi connectivity index (χ0n) is 9.83. The lowest BCUT2D eigenvalue weighted by Crippen LogP contribution is -2.20. The molecule has 0 unspecified atom stereocenters. The number of fused-ring (bicyclic) bond motifs is 1. The summed E-state index contributed by atoms with van der Waals surface area (Å²) in [6.45, 7) is 2.02. The molecule has 0 atom stereocenters. The van der Waals surface area contributed by atoms with Crippen LogP contribution in [0.1, 0.15) is 10.4 Å². The summed E-state index contributed by atoms with van der Waals surface area (Å²) in [5.41, 5.74) is 0.504. The van der Waals surface area contributed by atoms with Gasteiger partial charge in [-0.3, -0.25) is 0 Å². The van der Waals surface area contributed by atoms with E-state index in [0.29, 0.717) is 15.7 Å². The lowest BCUT2D eigenvalue weighted by Gasteiger charge is -2.08. The normalized spacial score (nSPS) is 12.2. The fourth-order valence-corrected chi connectivity index (χ4v) is 3.68. The quantitative estimate of drug-likeness (QED) is 0.414. The Morgan fingerprint density at radius 2 is 2.05 bits per heavy atom. The fourth-order valence-electron chi connectivity index (χ4n) is 1.55. The first-order valence-electron chi connectivity index (χ1n) is 5.42. The van der Waals surface area contributed by atoms with E-state index in [1.807, 2.05) is 13.1 Å². The van der Waals surface area contributed by atoms with E-state index in [4.69, 9.17) is 11.6 Å². The van der Waals surface area contributed by atoms with Gasteiger partial charge in [0.15, 0.2) is 0 Å². The minimum absolute atomic E-state index is 0.310. The second kappa shape index (κ2) is 4.88. The molecule has 0 N–H and O–H groups in total. The van der Waals surface area contributed by atoms with Gasteiger partial charge >= 0.3 is 4.14 Å². The summed E-state index contributed by atoms with van der Waals surface area (Å²) in [6, 6.07) is 6.65. The van der Waals surface area contributed by atoms with Gasteiger partial charge in [0.2, 0.25) is 6.20 Å². The van der Waals surface area contributed by atoms with Crippen LogP contribution in [-0.4, -0.2) is 11.0 Å². The molecular formula is C12H8ClN3OS2. The van der Waals surface area contributed by atoms with Crippen molar-refractivity contribution in [2.75, 3.05) is 0 Å². The average molecular weight is 310 g/mol. The lowest BCUT2D eigenvalue weighted by molar-refractivity contribution is -0.571. The second-order valence-corrected chi connectivity index (χ2v) is 6.75. The zero-order chi connectivity index (χ0) is 13.4. The topological polar surface area (TPSA) is 52.4 Å². The Kier molecular flexibility index (Phi) is 3.22. The van der Waals surface area contributed by atoms with Crippen molar-refractivity contribution in [2.45, 2.75) is 6.92 Å². The van der Waals surface area contributed by atoms with Gasteiger partial charge in [-0.25, -0.2) is 4.99 Å². The molecule has 96 valence electrons. The molecule has 0 spiro atoms. The SMILES string of the molecule is Cc1c[n+]2nc(N=C([O-])c3ccc(Cl)cc3)sc2s1. The largest absolute Gasteiger partial charge is 0.858 e. The number of hydrogen-bond acceptors (Lipinski definition) is 5. The highest BCUT2D eigenvalue weighted by atomic mass is 35.5. The van der Waals surface area contributed by atoms with Gasteiger partial charge in [-0.1, -0.05) is 35.1 Å². The van der Waals surface area contributed by atoms with E-state index in [-0.39, 0.29) is 5.90 Å². The van der Waals surface area contributed by atoms with Crippen molar-refractivity contribution in [1.29, 1.82) is 0 Å². The van der Waals surface area contributed by atoms with Crippen LogP contribution in [0, 0.1) is 6.92 Å². The van der Waals surface area contributed by atoms with Crippen LogP contribution in [0.25, 0.3) is 4.14 Å². The molecule has 0 amide bonds. The Balaban J connectivity index is 1.95. The van der Waals surface area contributed by atoms with Crippen molar-refractivity contribution < 1.29 is 9.62 Å². The van der Waals surface area contributed by atoms with Gasteiger partial charge in [-0.15, -0.1) is 0 Å². The van der Waals surface area contributed by atoms with E-state index >= 15 is 0 Å². The molecule has 0 saturated carbocycles. The van der Waals surface area contributed by atoms with Crippen LogP contribution in [0.15, 0.2) is 35.5 Å².